The van der Waals surface area contributed by atoms with Gasteiger partial charge >= 0.3 is 6.03 Å². The molecule has 1 aromatic heterocycles. The number of aryl methyl sites for hydroxylation is 1. The number of rotatable bonds is 4. The van der Waals surface area contributed by atoms with Crippen molar-refractivity contribution >= 4 is 22.5 Å². The maximum Gasteiger partial charge on any atom is 0.321 e. The third-order valence-electron chi connectivity index (χ3n) is 5.95. The number of carbonyl (C=O) groups excluding carboxylic acids is 1. The summed E-state index contributed by atoms with van der Waals surface area (Å²) in [7, 11) is 0. The van der Waals surface area contributed by atoms with E-state index in [2.05, 4.69) is 15.6 Å². The maximum atomic E-state index is 12.0. The Hall–Kier alpha value is -1.10. The van der Waals surface area contributed by atoms with Crippen molar-refractivity contribution in [2.24, 2.45) is 23.2 Å². The summed E-state index contributed by atoms with van der Waals surface area (Å²) in [6.45, 7) is 2.79. The van der Waals surface area contributed by atoms with Gasteiger partial charge in [-0.25, -0.2) is 9.78 Å². The summed E-state index contributed by atoms with van der Waals surface area (Å²) in [5.74, 6) is 2.95. The highest BCUT2D eigenvalue weighted by Gasteiger charge is 2.50. The van der Waals surface area contributed by atoms with Gasteiger partial charge in [0.05, 0.1) is 0 Å². The highest BCUT2D eigenvalue weighted by atomic mass is 32.1. The van der Waals surface area contributed by atoms with Gasteiger partial charge in [0.15, 0.2) is 5.13 Å². The van der Waals surface area contributed by atoms with Crippen LogP contribution in [0.4, 0.5) is 9.93 Å². The number of carbonyl (C=O) groups is 1. The second-order valence-corrected chi connectivity index (χ2v) is 9.06. The second-order valence-electron chi connectivity index (χ2n) is 7.82. The molecule has 5 rings (SSSR count). The van der Waals surface area contributed by atoms with Crippen molar-refractivity contribution in [1.82, 2.24) is 10.3 Å². The molecule has 4 aliphatic carbocycles. The summed E-state index contributed by atoms with van der Waals surface area (Å²) < 4.78 is 0. The third-order valence-corrected chi connectivity index (χ3v) is 6.78. The molecule has 4 saturated carbocycles. The molecule has 0 radical (unpaired) electrons. The largest absolute Gasteiger partial charge is 0.338 e. The lowest BCUT2D eigenvalue weighted by Gasteiger charge is -2.57. The molecule has 0 saturated heterocycles. The number of anilines is 1. The molecule has 2 amide bonds. The topological polar surface area (TPSA) is 54.0 Å². The Morgan fingerprint density at radius 1 is 1.27 bits per heavy atom. The minimum Gasteiger partial charge on any atom is -0.338 e. The number of urea groups is 1. The number of thiazole rings is 1. The summed E-state index contributed by atoms with van der Waals surface area (Å²) in [4.78, 5) is 17.2. The SMILES string of the molecule is Cc1cnc(NC(=O)NCCC23CC4CC(CC(C4)C2)C3)s1. The maximum absolute atomic E-state index is 12.0. The molecule has 4 aliphatic rings. The molecular formula is C17H25N3OS. The molecule has 22 heavy (non-hydrogen) atoms. The lowest BCUT2D eigenvalue weighted by Crippen LogP contribution is -2.47. The van der Waals surface area contributed by atoms with Crippen molar-refractivity contribution in [3.63, 3.8) is 0 Å². The van der Waals surface area contributed by atoms with E-state index in [1.165, 1.54) is 49.9 Å². The molecule has 0 spiro atoms. The molecule has 1 heterocycles. The van der Waals surface area contributed by atoms with Crippen LogP contribution in [0.2, 0.25) is 0 Å². The standard InChI is InChI=1S/C17H25N3OS/c1-11-10-19-16(22-11)20-15(21)18-3-2-17-7-12-4-13(8-17)6-14(5-12)9-17/h10,12-14H,2-9H2,1H3,(H2,18,19,20,21). The Labute approximate surface area is 136 Å². The van der Waals surface area contributed by atoms with Crippen molar-refractivity contribution in [2.75, 3.05) is 11.9 Å². The predicted molar refractivity (Wildman–Crippen MR) is 89.1 cm³/mol. The highest BCUT2D eigenvalue weighted by molar-refractivity contribution is 7.15. The second kappa shape index (κ2) is 5.52. The highest BCUT2D eigenvalue weighted by Crippen LogP contribution is 2.61. The fourth-order valence-corrected chi connectivity index (χ4v) is 6.25. The quantitative estimate of drug-likeness (QED) is 0.874. The summed E-state index contributed by atoms with van der Waals surface area (Å²) in [6, 6.07) is -0.112. The van der Waals surface area contributed by atoms with Crippen molar-refractivity contribution in [3.05, 3.63) is 11.1 Å². The molecule has 4 bridgehead atoms. The van der Waals surface area contributed by atoms with Gasteiger partial charge in [-0.05, 0) is 75.0 Å². The number of amides is 2. The van der Waals surface area contributed by atoms with Crippen LogP contribution in [-0.2, 0) is 0 Å². The van der Waals surface area contributed by atoms with Gasteiger partial charge in [0.1, 0.15) is 0 Å². The molecular weight excluding hydrogens is 294 g/mol. The van der Waals surface area contributed by atoms with Crippen LogP contribution < -0.4 is 10.6 Å². The van der Waals surface area contributed by atoms with Crippen molar-refractivity contribution in [2.45, 2.75) is 51.9 Å². The summed E-state index contributed by atoms with van der Waals surface area (Å²) in [5.41, 5.74) is 0.541. The van der Waals surface area contributed by atoms with Crippen molar-refractivity contribution < 1.29 is 4.79 Å². The Morgan fingerprint density at radius 3 is 2.45 bits per heavy atom. The number of aromatic nitrogens is 1. The van der Waals surface area contributed by atoms with Gasteiger partial charge in [0, 0.05) is 17.6 Å². The Bertz CT molecular complexity index is 533. The first-order chi connectivity index (χ1) is 10.6. The van der Waals surface area contributed by atoms with E-state index >= 15 is 0 Å². The molecule has 0 atom stereocenters. The summed E-state index contributed by atoms with van der Waals surface area (Å²) in [5, 5.41) is 6.55. The van der Waals surface area contributed by atoms with E-state index in [-0.39, 0.29) is 6.03 Å². The Kier molecular flexibility index (Phi) is 3.63. The van der Waals surface area contributed by atoms with Crippen LogP contribution in [0.1, 0.15) is 49.8 Å². The number of nitrogens with zero attached hydrogens (tertiary/aromatic N) is 1. The van der Waals surface area contributed by atoms with E-state index < -0.39 is 0 Å². The first-order valence-corrected chi connectivity index (χ1v) is 9.39. The van der Waals surface area contributed by atoms with E-state index in [4.69, 9.17) is 0 Å². The molecule has 0 unspecified atom stereocenters. The molecule has 4 fully saturated rings. The van der Waals surface area contributed by atoms with E-state index in [9.17, 15) is 4.79 Å². The fraction of sp³-hybridized carbons (Fsp3) is 0.765. The van der Waals surface area contributed by atoms with Crippen LogP contribution in [0, 0.1) is 30.1 Å². The molecule has 120 valence electrons. The van der Waals surface area contributed by atoms with E-state index in [0.29, 0.717) is 10.5 Å². The zero-order valence-corrected chi connectivity index (χ0v) is 14.0. The summed E-state index contributed by atoms with van der Waals surface area (Å²) in [6.07, 6.45) is 11.6. The van der Waals surface area contributed by atoms with Crippen LogP contribution in [-0.4, -0.2) is 17.6 Å². The van der Waals surface area contributed by atoms with Crippen LogP contribution in [0.5, 0.6) is 0 Å². The zero-order valence-electron chi connectivity index (χ0n) is 13.2. The number of hydrogen-bond acceptors (Lipinski definition) is 3. The van der Waals surface area contributed by atoms with Gasteiger partial charge in [0.25, 0.3) is 0 Å². The monoisotopic (exact) mass is 319 g/mol. The zero-order chi connectivity index (χ0) is 15.2. The van der Waals surface area contributed by atoms with Gasteiger partial charge in [-0.3, -0.25) is 5.32 Å². The van der Waals surface area contributed by atoms with Crippen molar-refractivity contribution in [1.29, 1.82) is 0 Å². The average molecular weight is 319 g/mol. The Morgan fingerprint density at radius 2 is 1.91 bits per heavy atom. The first-order valence-electron chi connectivity index (χ1n) is 8.57. The number of hydrogen-bond donors (Lipinski definition) is 2. The van der Waals surface area contributed by atoms with E-state index in [1.54, 1.807) is 6.20 Å². The smallest absolute Gasteiger partial charge is 0.321 e. The number of nitrogens with one attached hydrogen (secondary N) is 2. The van der Waals surface area contributed by atoms with Crippen LogP contribution in [0.25, 0.3) is 0 Å². The molecule has 5 heteroatoms. The van der Waals surface area contributed by atoms with Gasteiger partial charge in [-0.2, -0.15) is 0 Å². The minimum atomic E-state index is -0.112. The molecule has 1 aromatic rings. The van der Waals surface area contributed by atoms with Crippen LogP contribution in [0.15, 0.2) is 6.20 Å². The third kappa shape index (κ3) is 2.87. The Balaban J connectivity index is 1.27. The van der Waals surface area contributed by atoms with Gasteiger partial charge in [-0.15, -0.1) is 11.3 Å². The van der Waals surface area contributed by atoms with Gasteiger partial charge < -0.3 is 5.32 Å². The predicted octanol–water partition coefficient (Wildman–Crippen LogP) is 4.18. The van der Waals surface area contributed by atoms with Crippen LogP contribution in [0.3, 0.4) is 0 Å². The van der Waals surface area contributed by atoms with E-state index in [0.717, 1.165) is 35.6 Å². The molecule has 0 aliphatic heterocycles. The lowest BCUT2D eigenvalue weighted by molar-refractivity contribution is -0.0563. The molecule has 0 aromatic carbocycles. The van der Waals surface area contributed by atoms with Gasteiger partial charge in [0.2, 0.25) is 0 Å². The fourth-order valence-electron chi connectivity index (χ4n) is 5.59. The average Bonchev–Trinajstić information content (AvgIpc) is 2.82. The van der Waals surface area contributed by atoms with Crippen molar-refractivity contribution in [3.8, 4) is 0 Å². The first kappa shape index (κ1) is 14.5. The normalized spacial score (nSPS) is 35.6. The van der Waals surface area contributed by atoms with E-state index in [1.807, 2.05) is 6.92 Å². The summed E-state index contributed by atoms with van der Waals surface area (Å²) >= 11 is 1.51. The van der Waals surface area contributed by atoms with Gasteiger partial charge in [-0.1, -0.05) is 0 Å². The lowest BCUT2D eigenvalue weighted by atomic mass is 9.49. The van der Waals surface area contributed by atoms with Crippen LogP contribution >= 0.6 is 11.3 Å². The molecule has 4 nitrogen and oxygen atoms in total. The minimum absolute atomic E-state index is 0.112. The molecule has 2 N–H and O–H groups in total.